The second kappa shape index (κ2) is 5.87. The van der Waals surface area contributed by atoms with Crippen LogP contribution in [0, 0.1) is 5.82 Å². The molecule has 0 fully saturated rings. The number of halogens is 1. The van der Waals surface area contributed by atoms with Crippen molar-refractivity contribution in [1.82, 2.24) is 5.09 Å². The van der Waals surface area contributed by atoms with Crippen LogP contribution in [-0.4, -0.2) is 10.3 Å². The van der Waals surface area contributed by atoms with Gasteiger partial charge < -0.3 is 0 Å². The molecule has 0 saturated carbocycles. The summed E-state index contributed by atoms with van der Waals surface area (Å²) in [6.45, 7) is 15.4. The first-order chi connectivity index (χ1) is 8.88. The van der Waals surface area contributed by atoms with Gasteiger partial charge in [-0.05, 0) is 24.6 Å². The Hall–Kier alpha value is -0.240. The SMILES string of the molecule is CC(NP(=S)(C(C)(C)C)C(C)(C)C)c1ccc(F)cc1. The molecule has 1 rings (SSSR count). The molecule has 0 heterocycles. The molecule has 0 aromatic heterocycles. The second-order valence-corrected chi connectivity index (χ2v) is 13.2. The van der Waals surface area contributed by atoms with Crippen LogP contribution < -0.4 is 5.09 Å². The van der Waals surface area contributed by atoms with Crippen LogP contribution >= 0.6 is 6.19 Å². The van der Waals surface area contributed by atoms with E-state index in [1.807, 2.05) is 12.1 Å². The van der Waals surface area contributed by atoms with Gasteiger partial charge in [-0.2, -0.15) is 0 Å². The molecule has 0 aliphatic heterocycles. The Labute approximate surface area is 128 Å². The minimum Gasteiger partial charge on any atom is -0.281 e. The van der Waals surface area contributed by atoms with Crippen LogP contribution in [0.2, 0.25) is 0 Å². The molecule has 20 heavy (non-hydrogen) atoms. The Morgan fingerprint density at radius 3 is 1.75 bits per heavy atom. The van der Waals surface area contributed by atoms with Gasteiger partial charge in [0.1, 0.15) is 5.82 Å². The van der Waals surface area contributed by atoms with Crippen LogP contribution in [0.1, 0.15) is 60.1 Å². The predicted molar refractivity (Wildman–Crippen MR) is 91.7 cm³/mol. The van der Waals surface area contributed by atoms with Crippen LogP contribution in [0.4, 0.5) is 4.39 Å². The lowest BCUT2D eigenvalue weighted by Gasteiger charge is -2.47. The summed E-state index contributed by atoms with van der Waals surface area (Å²) in [6.07, 6.45) is -1.83. The number of hydrogen-bond donors (Lipinski definition) is 1. The fourth-order valence-corrected chi connectivity index (χ4v) is 6.45. The number of hydrogen-bond acceptors (Lipinski definition) is 1. The molecule has 1 atom stereocenters. The Balaban J connectivity index is 3.09. The quantitative estimate of drug-likeness (QED) is 0.743. The average molecular weight is 315 g/mol. The highest BCUT2D eigenvalue weighted by Crippen LogP contribution is 2.64. The molecule has 0 bridgehead atoms. The van der Waals surface area contributed by atoms with Crippen molar-refractivity contribution in [2.75, 3.05) is 0 Å². The van der Waals surface area contributed by atoms with Crippen molar-refractivity contribution in [2.45, 2.75) is 64.8 Å². The molecule has 4 heteroatoms. The largest absolute Gasteiger partial charge is 0.281 e. The summed E-state index contributed by atoms with van der Waals surface area (Å²) in [5.74, 6) is -0.202. The predicted octanol–water partition coefficient (Wildman–Crippen LogP) is 5.47. The van der Waals surface area contributed by atoms with Crippen molar-refractivity contribution < 1.29 is 4.39 Å². The molecule has 0 aliphatic rings. The molecule has 0 radical (unpaired) electrons. The zero-order valence-corrected chi connectivity index (χ0v) is 15.3. The smallest absolute Gasteiger partial charge is 0.123 e. The minimum absolute atomic E-state index is 0.0366. The van der Waals surface area contributed by atoms with E-state index in [2.05, 4.69) is 53.6 Å². The first-order valence-corrected chi connectivity index (χ1v) is 9.82. The minimum atomic E-state index is -1.83. The highest BCUT2D eigenvalue weighted by atomic mass is 32.4. The molecule has 0 spiro atoms. The molecular weight excluding hydrogens is 288 g/mol. The summed E-state index contributed by atoms with van der Waals surface area (Å²) in [6, 6.07) is 6.80. The molecule has 1 unspecified atom stereocenters. The van der Waals surface area contributed by atoms with E-state index < -0.39 is 6.19 Å². The van der Waals surface area contributed by atoms with Gasteiger partial charge in [0.25, 0.3) is 0 Å². The van der Waals surface area contributed by atoms with Crippen molar-refractivity contribution in [2.24, 2.45) is 0 Å². The fourth-order valence-electron chi connectivity index (χ4n) is 2.49. The van der Waals surface area contributed by atoms with Crippen LogP contribution in [0.25, 0.3) is 0 Å². The summed E-state index contributed by atoms with van der Waals surface area (Å²) < 4.78 is 13.0. The van der Waals surface area contributed by atoms with E-state index in [-0.39, 0.29) is 22.2 Å². The maximum absolute atomic E-state index is 13.0. The zero-order chi connectivity index (χ0) is 15.8. The van der Waals surface area contributed by atoms with Crippen molar-refractivity contribution in [3.05, 3.63) is 35.6 Å². The molecule has 0 amide bonds. The van der Waals surface area contributed by atoms with Crippen molar-refractivity contribution in [3.63, 3.8) is 0 Å². The van der Waals surface area contributed by atoms with Crippen LogP contribution in [0.3, 0.4) is 0 Å². The highest BCUT2D eigenvalue weighted by Gasteiger charge is 2.42. The van der Waals surface area contributed by atoms with Gasteiger partial charge in [0, 0.05) is 22.5 Å². The molecule has 114 valence electrons. The Bertz CT molecular complexity index is 479. The zero-order valence-electron chi connectivity index (χ0n) is 13.6. The van der Waals surface area contributed by atoms with Gasteiger partial charge in [0.05, 0.1) is 0 Å². The van der Waals surface area contributed by atoms with Gasteiger partial charge in [-0.1, -0.05) is 65.5 Å². The second-order valence-electron chi connectivity index (χ2n) is 7.35. The van der Waals surface area contributed by atoms with E-state index in [0.29, 0.717) is 0 Å². The molecule has 0 saturated heterocycles. The van der Waals surface area contributed by atoms with Gasteiger partial charge in [0.2, 0.25) is 0 Å². The van der Waals surface area contributed by atoms with Crippen LogP contribution in [-0.2, 0) is 11.8 Å². The Morgan fingerprint density at radius 1 is 1.00 bits per heavy atom. The van der Waals surface area contributed by atoms with Crippen LogP contribution in [0.5, 0.6) is 0 Å². The summed E-state index contributed by atoms with van der Waals surface area (Å²) in [5, 5.41) is 3.79. The van der Waals surface area contributed by atoms with Crippen molar-refractivity contribution in [3.8, 4) is 0 Å². The fraction of sp³-hybridized carbons (Fsp3) is 0.625. The molecule has 1 nitrogen and oxygen atoms in total. The summed E-state index contributed by atoms with van der Waals surface area (Å²) in [5.41, 5.74) is 1.08. The van der Waals surface area contributed by atoms with E-state index >= 15 is 0 Å². The standard InChI is InChI=1S/C16H27FNPS/c1-12(13-8-10-14(17)11-9-13)18-19(20,15(2,3)4)16(5,6)7/h8-12H,1-7H3,(H,18,20). The number of nitrogens with one attached hydrogen (secondary N) is 1. The van der Waals surface area contributed by atoms with Crippen molar-refractivity contribution in [1.29, 1.82) is 0 Å². The summed E-state index contributed by atoms with van der Waals surface area (Å²) in [7, 11) is 0. The third-order valence-corrected chi connectivity index (χ3v) is 11.8. The van der Waals surface area contributed by atoms with E-state index in [9.17, 15) is 4.39 Å². The molecule has 1 aromatic rings. The molecule has 1 N–H and O–H groups in total. The van der Waals surface area contributed by atoms with Crippen LogP contribution in [0.15, 0.2) is 24.3 Å². The van der Waals surface area contributed by atoms with Gasteiger partial charge in [-0.25, -0.2) is 4.39 Å². The first-order valence-electron chi connectivity index (χ1n) is 7.02. The van der Waals surface area contributed by atoms with Gasteiger partial charge in [-0.3, -0.25) is 5.09 Å². The lowest BCUT2D eigenvalue weighted by atomic mass is 10.1. The van der Waals surface area contributed by atoms with Gasteiger partial charge >= 0.3 is 0 Å². The number of rotatable bonds is 3. The lowest BCUT2D eigenvalue weighted by Crippen LogP contribution is -2.37. The monoisotopic (exact) mass is 315 g/mol. The summed E-state index contributed by atoms with van der Waals surface area (Å²) >= 11 is 6.10. The third kappa shape index (κ3) is 3.69. The number of benzene rings is 1. The summed E-state index contributed by atoms with van der Waals surface area (Å²) in [4.78, 5) is 0. The Morgan fingerprint density at radius 2 is 1.40 bits per heavy atom. The van der Waals surface area contributed by atoms with E-state index in [1.165, 1.54) is 12.1 Å². The maximum Gasteiger partial charge on any atom is 0.123 e. The molecule has 1 aromatic carbocycles. The maximum atomic E-state index is 13.0. The van der Waals surface area contributed by atoms with E-state index in [4.69, 9.17) is 11.8 Å². The van der Waals surface area contributed by atoms with E-state index in [1.54, 1.807) is 0 Å². The van der Waals surface area contributed by atoms with Gasteiger partial charge in [-0.15, -0.1) is 0 Å². The lowest BCUT2D eigenvalue weighted by molar-refractivity contribution is 0.621. The third-order valence-electron chi connectivity index (χ3n) is 3.63. The highest BCUT2D eigenvalue weighted by molar-refractivity contribution is 8.15. The molecule has 0 aliphatic carbocycles. The van der Waals surface area contributed by atoms with Crippen molar-refractivity contribution >= 4 is 18.0 Å². The average Bonchev–Trinajstić information content (AvgIpc) is 2.26. The first kappa shape index (κ1) is 17.8. The normalized spacial score (nSPS) is 15.2. The van der Waals surface area contributed by atoms with Gasteiger partial charge in [0.15, 0.2) is 0 Å². The topological polar surface area (TPSA) is 12.0 Å². The Kier molecular flexibility index (Phi) is 5.22. The molecular formula is C16H27FNPS. The van der Waals surface area contributed by atoms with E-state index in [0.717, 1.165) is 5.56 Å².